The van der Waals surface area contributed by atoms with Gasteiger partial charge in [-0.05, 0) is 19.1 Å². The molecular weight excluding hydrogens is 187 g/mol. The minimum absolute atomic E-state index is 0.178. The molecule has 1 rings (SSSR count). The monoisotopic (exact) mass is 196 g/mol. The van der Waals surface area contributed by atoms with Gasteiger partial charge in [-0.1, -0.05) is 6.58 Å². The summed E-state index contributed by atoms with van der Waals surface area (Å²) < 4.78 is 17.6. The SMILES string of the molecule is C=C(C)C(=O)Oc1ccc(O)cc1F. The highest BCUT2D eigenvalue weighted by Crippen LogP contribution is 2.22. The molecule has 0 aliphatic carbocycles. The van der Waals surface area contributed by atoms with Crippen LogP contribution in [0.25, 0.3) is 0 Å². The van der Waals surface area contributed by atoms with Gasteiger partial charge in [-0.2, -0.15) is 0 Å². The van der Waals surface area contributed by atoms with Gasteiger partial charge in [0.25, 0.3) is 0 Å². The van der Waals surface area contributed by atoms with Crippen molar-refractivity contribution in [2.24, 2.45) is 0 Å². The molecule has 0 saturated carbocycles. The van der Waals surface area contributed by atoms with Crippen LogP contribution in [0, 0.1) is 5.82 Å². The number of hydrogen-bond donors (Lipinski definition) is 1. The molecule has 0 bridgehead atoms. The summed E-state index contributed by atoms with van der Waals surface area (Å²) in [5.74, 6) is -1.94. The molecule has 1 N–H and O–H groups in total. The van der Waals surface area contributed by atoms with Crippen LogP contribution in [0.15, 0.2) is 30.4 Å². The smallest absolute Gasteiger partial charge is 0.338 e. The maximum absolute atomic E-state index is 13.0. The van der Waals surface area contributed by atoms with E-state index in [0.29, 0.717) is 0 Å². The van der Waals surface area contributed by atoms with Crippen molar-refractivity contribution < 1.29 is 19.0 Å². The van der Waals surface area contributed by atoms with Crippen LogP contribution in [0.2, 0.25) is 0 Å². The van der Waals surface area contributed by atoms with Crippen LogP contribution >= 0.6 is 0 Å². The molecule has 3 nitrogen and oxygen atoms in total. The second-order valence-corrected chi connectivity index (χ2v) is 2.78. The lowest BCUT2D eigenvalue weighted by molar-refractivity contribution is -0.130. The molecule has 74 valence electrons. The Hall–Kier alpha value is -1.84. The van der Waals surface area contributed by atoms with Crippen molar-refractivity contribution in [1.29, 1.82) is 0 Å². The van der Waals surface area contributed by atoms with Crippen molar-refractivity contribution in [3.05, 3.63) is 36.2 Å². The Morgan fingerprint density at radius 1 is 1.57 bits per heavy atom. The van der Waals surface area contributed by atoms with E-state index in [0.717, 1.165) is 6.07 Å². The number of carbonyl (C=O) groups is 1. The number of halogens is 1. The highest BCUT2D eigenvalue weighted by molar-refractivity contribution is 5.88. The molecule has 14 heavy (non-hydrogen) atoms. The van der Waals surface area contributed by atoms with Gasteiger partial charge in [0, 0.05) is 11.6 Å². The topological polar surface area (TPSA) is 46.5 Å². The molecule has 0 atom stereocenters. The fourth-order valence-electron chi connectivity index (χ4n) is 0.760. The van der Waals surface area contributed by atoms with Gasteiger partial charge in [0.2, 0.25) is 0 Å². The number of ether oxygens (including phenoxy) is 1. The lowest BCUT2D eigenvalue weighted by Gasteiger charge is -2.04. The van der Waals surface area contributed by atoms with Crippen LogP contribution in [0.4, 0.5) is 4.39 Å². The lowest BCUT2D eigenvalue weighted by atomic mass is 10.3. The van der Waals surface area contributed by atoms with Crippen molar-refractivity contribution >= 4 is 5.97 Å². The molecule has 4 heteroatoms. The first-order valence-corrected chi connectivity index (χ1v) is 3.87. The van der Waals surface area contributed by atoms with E-state index >= 15 is 0 Å². The van der Waals surface area contributed by atoms with Gasteiger partial charge in [0.05, 0.1) is 0 Å². The average Bonchev–Trinajstić information content (AvgIpc) is 2.09. The number of phenols is 1. The highest BCUT2D eigenvalue weighted by Gasteiger charge is 2.10. The van der Waals surface area contributed by atoms with Gasteiger partial charge < -0.3 is 9.84 Å². The summed E-state index contributed by atoms with van der Waals surface area (Å²) in [5.41, 5.74) is 0.178. The van der Waals surface area contributed by atoms with E-state index in [-0.39, 0.29) is 17.1 Å². The van der Waals surface area contributed by atoms with Gasteiger partial charge in [-0.25, -0.2) is 9.18 Å². The largest absolute Gasteiger partial charge is 0.508 e. The predicted molar refractivity (Wildman–Crippen MR) is 48.5 cm³/mol. The quantitative estimate of drug-likeness (QED) is 0.447. The summed E-state index contributed by atoms with van der Waals surface area (Å²) >= 11 is 0. The van der Waals surface area contributed by atoms with Crippen molar-refractivity contribution in [1.82, 2.24) is 0 Å². The molecular formula is C10H9FO3. The lowest BCUT2D eigenvalue weighted by Crippen LogP contribution is -2.09. The van der Waals surface area contributed by atoms with Crippen LogP contribution in [-0.4, -0.2) is 11.1 Å². The predicted octanol–water partition coefficient (Wildman–Crippen LogP) is 2.01. The Balaban J connectivity index is 2.87. The summed E-state index contributed by atoms with van der Waals surface area (Å²) in [5, 5.41) is 8.88. The molecule has 0 spiro atoms. The molecule has 0 radical (unpaired) electrons. The van der Waals surface area contributed by atoms with Crippen LogP contribution in [0.3, 0.4) is 0 Å². The van der Waals surface area contributed by atoms with E-state index < -0.39 is 11.8 Å². The number of esters is 1. The van der Waals surface area contributed by atoms with Crippen LogP contribution in [0.5, 0.6) is 11.5 Å². The average molecular weight is 196 g/mol. The summed E-state index contributed by atoms with van der Waals surface area (Å²) in [6, 6.07) is 3.26. The zero-order chi connectivity index (χ0) is 10.7. The van der Waals surface area contributed by atoms with Gasteiger partial charge >= 0.3 is 5.97 Å². The Bertz CT molecular complexity index is 385. The van der Waals surface area contributed by atoms with Crippen LogP contribution < -0.4 is 4.74 Å². The maximum Gasteiger partial charge on any atom is 0.338 e. The second-order valence-electron chi connectivity index (χ2n) is 2.78. The first-order valence-electron chi connectivity index (χ1n) is 3.87. The molecule has 0 amide bonds. The molecule has 0 fully saturated rings. The van der Waals surface area contributed by atoms with Gasteiger partial charge in [-0.15, -0.1) is 0 Å². The number of aromatic hydroxyl groups is 1. The molecule has 1 aromatic carbocycles. The zero-order valence-corrected chi connectivity index (χ0v) is 7.58. The molecule has 0 unspecified atom stereocenters. The number of hydrogen-bond acceptors (Lipinski definition) is 3. The Morgan fingerprint density at radius 2 is 2.21 bits per heavy atom. The molecule has 0 aliphatic rings. The highest BCUT2D eigenvalue weighted by atomic mass is 19.1. The third-order valence-corrected chi connectivity index (χ3v) is 1.47. The van der Waals surface area contributed by atoms with E-state index in [1.54, 1.807) is 0 Å². The number of benzene rings is 1. The molecule has 0 heterocycles. The van der Waals surface area contributed by atoms with Crippen LogP contribution in [0.1, 0.15) is 6.92 Å². The van der Waals surface area contributed by atoms with Crippen molar-refractivity contribution in [3.8, 4) is 11.5 Å². The Morgan fingerprint density at radius 3 is 2.71 bits per heavy atom. The Labute approximate surface area is 80.4 Å². The Kier molecular flexibility index (Phi) is 2.86. The molecule has 0 aliphatic heterocycles. The normalized spacial score (nSPS) is 9.57. The summed E-state index contributed by atoms with van der Waals surface area (Å²) in [4.78, 5) is 11.0. The standard InChI is InChI=1S/C10H9FO3/c1-6(2)10(13)14-9-4-3-7(12)5-8(9)11/h3-5,12H,1H2,2H3. The number of phenolic OH excluding ortho intramolecular Hbond substituents is 1. The van der Waals surface area contributed by atoms with E-state index in [9.17, 15) is 9.18 Å². The third kappa shape index (κ3) is 2.32. The first-order chi connectivity index (χ1) is 6.50. The fourth-order valence-corrected chi connectivity index (χ4v) is 0.760. The summed E-state index contributed by atoms with van der Waals surface area (Å²) in [6.07, 6.45) is 0. The maximum atomic E-state index is 13.0. The third-order valence-electron chi connectivity index (χ3n) is 1.47. The first kappa shape index (κ1) is 10.2. The second kappa shape index (κ2) is 3.91. The van der Waals surface area contributed by atoms with E-state index in [1.807, 2.05) is 0 Å². The van der Waals surface area contributed by atoms with Crippen molar-refractivity contribution in [3.63, 3.8) is 0 Å². The fraction of sp³-hybridized carbons (Fsp3) is 0.100. The van der Waals surface area contributed by atoms with Crippen molar-refractivity contribution in [2.45, 2.75) is 6.92 Å². The molecule has 0 saturated heterocycles. The number of carbonyl (C=O) groups excluding carboxylic acids is 1. The van der Waals surface area contributed by atoms with Gasteiger partial charge in [-0.3, -0.25) is 0 Å². The van der Waals surface area contributed by atoms with Crippen LogP contribution in [-0.2, 0) is 4.79 Å². The van der Waals surface area contributed by atoms with E-state index in [1.165, 1.54) is 19.1 Å². The molecule has 0 aromatic heterocycles. The number of rotatable bonds is 2. The molecule has 1 aromatic rings. The van der Waals surface area contributed by atoms with Gasteiger partial charge in [0.15, 0.2) is 11.6 Å². The van der Waals surface area contributed by atoms with Gasteiger partial charge in [0.1, 0.15) is 5.75 Å². The minimum Gasteiger partial charge on any atom is -0.508 e. The minimum atomic E-state index is -0.792. The van der Waals surface area contributed by atoms with Crippen molar-refractivity contribution in [2.75, 3.05) is 0 Å². The zero-order valence-electron chi connectivity index (χ0n) is 7.58. The summed E-state index contributed by atoms with van der Waals surface area (Å²) in [7, 11) is 0. The van der Waals surface area contributed by atoms with E-state index in [2.05, 4.69) is 11.3 Å². The van der Waals surface area contributed by atoms with E-state index in [4.69, 9.17) is 5.11 Å². The summed E-state index contributed by atoms with van der Waals surface area (Å²) in [6.45, 7) is 4.81.